The Kier molecular flexibility index (Phi) is 5.00. The van der Waals surface area contributed by atoms with Gasteiger partial charge in [-0.1, -0.05) is 43.0 Å². The third-order valence-corrected chi connectivity index (χ3v) is 5.09. The predicted molar refractivity (Wildman–Crippen MR) is 97.0 cm³/mol. The Labute approximate surface area is 144 Å². The molecule has 24 heavy (non-hydrogen) atoms. The van der Waals surface area contributed by atoms with E-state index in [4.69, 9.17) is 0 Å². The van der Waals surface area contributed by atoms with E-state index in [1.54, 1.807) is 10.6 Å². The first kappa shape index (κ1) is 16.7. The highest BCUT2D eigenvalue weighted by atomic mass is 32.2. The van der Waals surface area contributed by atoms with Crippen LogP contribution in [-0.4, -0.2) is 9.55 Å². The van der Waals surface area contributed by atoms with Crippen LogP contribution < -0.4 is 5.56 Å². The van der Waals surface area contributed by atoms with Crippen LogP contribution in [0, 0.1) is 5.82 Å². The summed E-state index contributed by atoms with van der Waals surface area (Å²) in [5.41, 5.74) is 1.55. The van der Waals surface area contributed by atoms with E-state index >= 15 is 0 Å². The number of thioether (sulfide) groups is 1. The Morgan fingerprint density at radius 1 is 1.21 bits per heavy atom. The quantitative estimate of drug-likeness (QED) is 0.493. The smallest absolute Gasteiger partial charge is 0.262 e. The molecular weight excluding hydrogens is 323 g/mol. The van der Waals surface area contributed by atoms with Crippen LogP contribution in [-0.2, 0) is 5.75 Å². The number of aromatic nitrogens is 2. The molecule has 0 unspecified atom stereocenters. The van der Waals surface area contributed by atoms with Gasteiger partial charge in [0, 0.05) is 11.8 Å². The highest BCUT2D eigenvalue weighted by molar-refractivity contribution is 7.98. The molecule has 0 saturated heterocycles. The summed E-state index contributed by atoms with van der Waals surface area (Å²) in [7, 11) is 0. The lowest BCUT2D eigenvalue weighted by atomic mass is 10.2. The SMILES string of the molecule is CC[C@H](C)n1c(SCc2cccc(F)c2)nc2ccccc2c1=O. The monoisotopic (exact) mass is 342 g/mol. The summed E-state index contributed by atoms with van der Waals surface area (Å²) in [4.78, 5) is 17.5. The van der Waals surface area contributed by atoms with Crippen molar-refractivity contribution in [2.24, 2.45) is 0 Å². The zero-order chi connectivity index (χ0) is 17.1. The second kappa shape index (κ2) is 7.18. The summed E-state index contributed by atoms with van der Waals surface area (Å²) in [6, 6.07) is 14.0. The van der Waals surface area contributed by atoms with Gasteiger partial charge in [0.25, 0.3) is 5.56 Å². The summed E-state index contributed by atoms with van der Waals surface area (Å²) in [6.07, 6.45) is 0.841. The lowest BCUT2D eigenvalue weighted by Gasteiger charge is -2.18. The molecule has 1 aromatic heterocycles. The number of nitrogens with zero attached hydrogens (tertiary/aromatic N) is 2. The van der Waals surface area contributed by atoms with Gasteiger partial charge in [0.05, 0.1) is 10.9 Å². The van der Waals surface area contributed by atoms with Gasteiger partial charge >= 0.3 is 0 Å². The van der Waals surface area contributed by atoms with E-state index in [9.17, 15) is 9.18 Å². The third kappa shape index (κ3) is 3.36. The average Bonchev–Trinajstić information content (AvgIpc) is 2.59. The Morgan fingerprint density at radius 2 is 2.00 bits per heavy atom. The summed E-state index contributed by atoms with van der Waals surface area (Å²) >= 11 is 1.47. The molecular formula is C19H19FN2OS. The first-order chi connectivity index (χ1) is 11.6. The number of benzene rings is 2. The number of halogens is 1. The normalized spacial score (nSPS) is 12.5. The van der Waals surface area contributed by atoms with Gasteiger partial charge in [-0.3, -0.25) is 9.36 Å². The van der Waals surface area contributed by atoms with E-state index in [2.05, 4.69) is 4.98 Å². The third-order valence-electron chi connectivity index (χ3n) is 4.06. The average molecular weight is 342 g/mol. The van der Waals surface area contributed by atoms with Crippen LogP contribution in [0.3, 0.4) is 0 Å². The van der Waals surface area contributed by atoms with Gasteiger partial charge in [0.2, 0.25) is 0 Å². The van der Waals surface area contributed by atoms with Crippen molar-refractivity contribution in [1.29, 1.82) is 0 Å². The zero-order valence-corrected chi connectivity index (χ0v) is 14.5. The maximum absolute atomic E-state index is 13.3. The predicted octanol–water partition coefficient (Wildman–Crippen LogP) is 4.80. The van der Waals surface area contributed by atoms with Crippen molar-refractivity contribution >= 4 is 22.7 Å². The molecule has 0 aliphatic heterocycles. The largest absolute Gasteiger partial charge is 0.284 e. The van der Waals surface area contributed by atoms with Gasteiger partial charge in [-0.05, 0) is 43.2 Å². The van der Waals surface area contributed by atoms with Gasteiger partial charge in [-0.25, -0.2) is 9.37 Å². The minimum atomic E-state index is -0.251. The molecule has 1 atom stereocenters. The summed E-state index contributed by atoms with van der Waals surface area (Å²) < 4.78 is 15.1. The summed E-state index contributed by atoms with van der Waals surface area (Å²) in [5, 5.41) is 1.31. The van der Waals surface area contributed by atoms with Crippen LogP contribution in [0.1, 0.15) is 31.9 Å². The number of para-hydroxylation sites is 1. The molecule has 5 heteroatoms. The second-order valence-corrected chi connectivity index (χ2v) is 6.71. The van der Waals surface area contributed by atoms with Crippen molar-refractivity contribution in [2.45, 2.75) is 37.2 Å². The van der Waals surface area contributed by atoms with Crippen molar-refractivity contribution in [3.05, 3.63) is 70.3 Å². The number of hydrogen-bond donors (Lipinski definition) is 0. The van der Waals surface area contributed by atoms with Crippen molar-refractivity contribution < 1.29 is 4.39 Å². The lowest BCUT2D eigenvalue weighted by molar-refractivity contribution is 0.468. The van der Waals surface area contributed by atoms with Crippen molar-refractivity contribution in [2.75, 3.05) is 0 Å². The van der Waals surface area contributed by atoms with Gasteiger partial charge in [0.15, 0.2) is 5.16 Å². The highest BCUT2D eigenvalue weighted by Crippen LogP contribution is 2.25. The van der Waals surface area contributed by atoms with E-state index in [-0.39, 0.29) is 17.4 Å². The first-order valence-electron chi connectivity index (χ1n) is 7.98. The molecule has 3 rings (SSSR count). The zero-order valence-electron chi connectivity index (χ0n) is 13.7. The van der Waals surface area contributed by atoms with E-state index in [0.717, 1.165) is 12.0 Å². The molecule has 124 valence electrons. The fourth-order valence-corrected chi connectivity index (χ4v) is 3.61. The molecule has 0 aliphatic carbocycles. The van der Waals surface area contributed by atoms with Gasteiger partial charge in [-0.15, -0.1) is 0 Å². The van der Waals surface area contributed by atoms with Crippen LogP contribution >= 0.6 is 11.8 Å². The van der Waals surface area contributed by atoms with E-state index in [1.165, 1.54) is 23.9 Å². The standard InChI is InChI=1S/C19H19FN2OS/c1-3-13(2)22-18(23)16-9-4-5-10-17(16)21-19(22)24-12-14-7-6-8-15(20)11-14/h4-11,13H,3,12H2,1-2H3/t13-/m0/s1. The van der Waals surface area contributed by atoms with Crippen LogP contribution in [0.15, 0.2) is 58.5 Å². The van der Waals surface area contributed by atoms with Gasteiger partial charge < -0.3 is 0 Å². The fourth-order valence-electron chi connectivity index (χ4n) is 2.57. The molecule has 3 nitrogen and oxygen atoms in total. The van der Waals surface area contributed by atoms with Crippen LogP contribution in [0.25, 0.3) is 10.9 Å². The molecule has 0 N–H and O–H groups in total. The minimum Gasteiger partial charge on any atom is -0.284 e. The second-order valence-electron chi connectivity index (χ2n) is 5.76. The van der Waals surface area contributed by atoms with Crippen LogP contribution in [0.4, 0.5) is 4.39 Å². The molecule has 0 fully saturated rings. The molecule has 3 aromatic rings. The van der Waals surface area contributed by atoms with Crippen molar-refractivity contribution in [3.63, 3.8) is 0 Å². The maximum Gasteiger partial charge on any atom is 0.262 e. The van der Waals surface area contributed by atoms with Crippen LogP contribution in [0.5, 0.6) is 0 Å². The van der Waals surface area contributed by atoms with E-state index < -0.39 is 0 Å². The molecule has 0 amide bonds. The number of rotatable bonds is 5. The lowest BCUT2D eigenvalue weighted by Crippen LogP contribution is -2.26. The number of fused-ring (bicyclic) bond motifs is 1. The van der Waals surface area contributed by atoms with Gasteiger partial charge in [-0.2, -0.15) is 0 Å². The summed E-state index contributed by atoms with van der Waals surface area (Å²) in [5.74, 6) is 0.317. The highest BCUT2D eigenvalue weighted by Gasteiger charge is 2.15. The van der Waals surface area contributed by atoms with Crippen LogP contribution in [0.2, 0.25) is 0 Å². The molecule has 1 heterocycles. The molecule has 2 aromatic carbocycles. The van der Waals surface area contributed by atoms with Crippen molar-refractivity contribution in [3.8, 4) is 0 Å². The number of hydrogen-bond acceptors (Lipinski definition) is 3. The van der Waals surface area contributed by atoms with Gasteiger partial charge in [0.1, 0.15) is 5.82 Å². The Bertz CT molecular complexity index is 923. The maximum atomic E-state index is 13.3. The molecule has 0 bridgehead atoms. The first-order valence-corrected chi connectivity index (χ1v) is 8.97. The van der Waals surface area contributed by atoms with E-state index in [1.807, 2.05) is 44.2 Å². The Balaban J connectivity index is 2.03. The summed E-state index contributed by atoms with van der Waals surface area (Å²) in [6.45, 7) is 4.07. The molecule has 0 spiro atoms. The Morgan fingerprint density at radius 3 is 2.75 bits per heavy atom. The Hall–Kier alpha value is -2.14. The van der Waals surface area contributed by atoms with E-state index in [0.29, 0.717) is 21.8 Å². The minimum absolute atomic E-state index is 0.0170. The molecule has 0 radical (unpaired) electrons. The molecule has 0 saturated carbocycles. The fraction of sp³-hybridized carbons (Fsp3) is 0.263. The van der Waals surface area contributed by atoms with Crippen molar-refractivity contribution in [1.82, 2.24) is 9.55 Å². The topological polar surface area (TPSA) is 34.9 Å². The molecule has 0 aliphatic rings.